The van der Waals surface area contributed by atoms with Gasteiger partial charge in [0, 0.05) is 25.9 Å². The molecule has 2 rings (SSSR count). The molecule has 0 aliphatic heterocycles. The van der Waals surface area contributed by atoms with Crippen LogP contribution in [0.4, 0.5) is 0 Å². The van der Waals surface area contributed by atoms with Gasteiger partial charge in [0.1, 0.15) is 0 Å². The van der Waals surface area contributed by atoms with Crippen molar-refractivity contribution in [2.75, 3.05) is 45.8 Å². The van der Waals surface area contributed by atoms with Crippen molar-refractivity contribution in [3.63, 3.8) is 0 Å². The van der Waals surface area contributed by atoms with Gasteiger partial charge in [-0.25, -0.2) is 0 Å². The van der Waals surface area contributed by atoms with Gasteiger partial charge in [-0.1, -0.05) is 12.8 Å². The molecule has 186 valence electrons. The minimum Gasteiger partial charge on any atom is -0.356 e. The highest BCUT2D eigenvalue weighted by Gasteiger charge is 2.39. The molecule has 0 heterocycles. The lowest BCUT2D eigenvalue weighted by molar-refractivity contribution is -0.123. The van der Waals surface area contributed by atoms with E-state index in [2.05, 4.69) is 21.3 Å². The molecule has 0 aromatic carbocycles. The SMILES string of the molecule is NCCCNCCCCNCCCNC(=O)CCCCCNC(=O)CC1CC2CCC1C2. The third-order valence-corrected chi connectivity index (χ3v) is 7.10. The minimum atomic E-state index is 0.147. The van der Waals surface area contributed by atoms with Crippen LogP contribution in [-0.4, -0.2) is 57.6 Å². The smallest absolute Gasteiger partial charge is 0.220 e. The summed E-state index contributed by atoms with van der Waals surface area (Å²) in [5.41, 5.74) is 5.46. The van der Waals surface area contributed by atoms with E-state index in [0.29, 0.717) is 12.3 Å². The van der Waals surface area contributed by atoms with Gasteiger partial charge in [0.2, 0.25) is 11.8 Å². The Hall–Kier alpha value is -1.18. The first kappa shape index (κ1) is 27.1. The van der Waals surface area contributed by atoms with Crippen molar-refractivity contribution in [3.05, 3.63) is 0 Å². The molecule has 3 atom stereocenters. The molecule has 7 heteroatoms. The van der Waals surface area contributed by atoms with Gasteiger partial charge in [-0.05, 0) is 108 Å². The molecular weight excluding hydrogens is 402 g/mol. The molecule has 2 aliphatic carbocycles. The summed E-state index contributed by atoms with van der Waals surface area (Å²) in [7, 11) is 0. The molecule has 2 bridgehead atoms. The van der Waals surface area contributed by atoms with E-state index in [1.165, 1.54) is 38.5 Å². The number of rotatable bonds is 20. The van der Waals surface area contributed by atoms with Crippen LogP contribution in [0.1, 0.15) is 83.5 Å². The second-order valence-electron chi connectivity index (χ2n) is 9.85. The van der Waals surface area contributed by atoms with Crippen LogP contribution in [0.25, 0.3) is 0 Å². The summed E-state index contributed by atoms with van der Waals surface area (Å²) in [5.74, 6) is 2.74. The molecule has 0 aromatic rings. The van der Waals surface area contributed by atoms with Crippen LogP contribution in [0.5, 0.6) is 0 Å². The maximum Gasteiger partial charge on any atom is 0.220 e. The van der Waals surface area contributed by atoms with E-state index < -0.39 is 0 Å². The Morgan fingerprint density at radius 3 is 2.03 bits per heavy atom. The zero-order chi connectivity index (χ0) is 22.9. The van der Waals surface area contributed by atoms with Crippen LogP contribution in [-0.2, 0) is 9.59 Å². The molecule has 7 nitrogen and oxygen atoms in total. The normalized spacial score (nSPS) is 21.7. The van der Waals surface area contributed by atoms with Crippen LogP contribution in [0, 0.1) is 17.8 Å². The number of hydrogen-bond donors (Lipinski definition) is 5. The molecule has 0 saturated heterocycles. The second-order valence-corrected chi connectivity index (χ2v) is 9.85. The molecule has 2 amide bonds. The summed E-state index contributed by atoms with van der Waals surface area (Å²) in [4.78, 5) is 24.0. The molecule has 2 saturated carbocycles. The Kier molecular flexibility index (Phi) is 14.6. The van der Waals surface area contributed by atoms with Gasteiger partial charge in [-0.3, -0.25) is 9.59 Å². The third-order valence-electron chi connectivity index (χ3n) is 7.10. The highest BCUT2D eigenvalue weighted by molar-refractivity contribution is 5.76. The summed E-state index contributed by atoms with van der Waals surface area (Å²) in [6.45, 7) is 6.30. The molecule has 2 fully saturated rings. The molecule has 6 N–H and O–H groups in total. The first-order chi connectivity index (χ1) is 15.7. The Labute approximate surface area is 195 Å². The fourth-order valence-corrected chi connectivity index (χ4v) is 5.26. The van der Waals surface area contributed by atoms with Crippen molar-refractivity contribution >= 4 is 11.8 Å². The molecule has 2 aliphatic rings. The van der Waals surface area contributed by atoms with E-state index in [-0.39, 0.29) is 11.8 Å². The van der Waals surface area contributed by atoms with E-state index in [0.717, 1.165) is 96.2 Å². The van der Waals surface area contributed by atoms with Gasteiger partial charge in [0.25, 0.3) is 0 Å². The van der Waals surface area contributed by atoms with Gasteiger partial charge >= 0.3 is 0 Å². The average molecular weight is 452 g/mol. The summed E-state index contributed by atoms with van der Waals surface area (Å²) in [5, 5.41) is 12.9. The molecule has 32 heavy (non-hydrogen) atoms. The third kappa shape index (κ3) is 12.2. The number of unbranched alkanes of at least 4 members (excludes halogenated alkanes) is 3. The maximum atomic E-state index is 12.1. The highest BCUT2D eigenvalue weighted by Crippen LogP contribution is 2.49. The van der Waals surface area contributed by atoms with Crippen LogP contribution in [0.2, 0.25) is 0 Å². The van der Waals surface area contributed by atoms with Crippen LogP contribution in [0.3, 0.4) is 0 Å². The Morgan fingerprint density at radius 2 is 1.34 bits per heavy atom. The average Bonchev–Trinajstić information content (AvgIpc) is 3.40. The van der Waals surface area contributed by atoms with Gasteiger partial charge in [0.15, 0.2) is 0 Å². The van der Waals surface area contributed by atoms with Crippen molar-refractivity contribution in [3.8, 4) is 0 Å². The number of nitrogens with two attached hydrogens (primary N) is 1. The standard InChI is InChI=1S/C25H49N5O2/c26-11-6-14-27-12-4-5-13-28-15-7-17-29-24(31)8-2-1-3-16-30-25(32)20-23-19-21-9-10-22(23)18-21/h21-23,27-28H,1-20,26H2,(H,29,31)(H,30,32). The van der Waals surface area contributed by atoms with Crippen LogP contribution >= 0.6 is 0 Å². The minimum absolute atomic E-state index is 0.147. The summed E-state index contributed by atoms with van der Waals surface area (Å²) < 4.78 is 0. The monoisotopic (exact) mass is 451 g/mol. The Balaban J connectivity index is 1.28. The number of hydrogen-bond acceptors (Lipinski definition) is 5. The molecular formula is C25H49N5O2. The first-order valence-electron chi connectivity index (χ1n) is 13.3. The number of nitrogens with one attached hydrogen (secondary N) is 4. The molecule has 0 aromatic heterocycles. The molecule has 3 unspecified atom stereocenters. The van der Waals surface area contributed by atoms with Gasteiger partial charge in [-0.15, -0.1) is 0 Å². The molecule has 0 radical (unpaired) electrons. The van der Waals surface area contributed by atoms with E-state index in [1.54, 1.807) is 0 Å². The second kappa shape index (κ2) is 17.3. The predicted octanol–water partition coefficient (Wildman–Crippen LogP) is 2.30. The lowest BCUT2D eigenvalue weighted by Gasteiger charge is -2.20. The lowest BCUT2D eigenvalue weighted by atomic mass is 9.86. The van der Waals surface area contributed by atoms with E-state index in [4.69, 9.17) is 5.73 Å². The summed E-state index contributed by atoms with van der Waals surface area (Å²) in [6.07, 6.45) is 13.9. The Morgan fingerprint density at radius 1 is 0.688 bits per heavy atom. The van der Waals surface area contributed by atoms with Gasteiger partial charge < -0.3 is 27.0 Å². The highest BCUT2D eigenvalue weighted by atomic mass is 16.2. The zero-order valence-corrected chi connectivity index (χ0v) is 20.3. The number of fused-ring (bicyclic) bond motifs is 2. The van der Waals surface area contributed by atoms with Gasteiger partial charge in [-0.2, -0.15) is 0 Å². The topological polar surface area (TPSA) is 108 Å². The Bertz CT molecular complexity index is 517. The number of carbonyl (C=O) groups excluding carboxylic acids is 2. The van der Waals surface area contributed by atoms with Gasteiger partial charge in [0.05, 0.1) is 0 Å². The van der Waals surface area contributed by atoms with Crippen molar-refractivity contribution in [1.82, 2.24) is 21.3 Å². The largest absolute Gasteiger partial charge is 0.356 e. The van der Waals surface area contributed by atoms with E-state index in [1.807, 2.05) is 0 Å². The fraction of sp³-hybridized carbons (Fsp3) is 0.920. The number of carbonyl (C=O) groups is 2. The quantitative estimate of drug-likeness (QED) is 0.183. The van der Waals surface area contributed by atoms with Crippen molar-refractivity contribution in [2.24, 2.45) is 23.5 Å². The predicted molar refractivity (Wildman–Crippen MR) is 131 cm³/mol. The van der Waals surface area contributed by atoms with Crippen LogP contribution < -0.4 is 27.0 Å². The summed E-state index contributed by atoms with van der Waals surface area (Å²) in [6, 6.07) is 0. The molecule has 0 spiro atoms. The zero-order valence-electron chi connectivity index (χ0n) is 20.3. The first-order valence-corrected chi connectivity index (χ1v) is 13.3. The maximum absolute atomic E-state index is 12.1. The van der Waals surface area contributed by atoms with E-state index >= 15 is 0 Å². The lowest BCUT2D eigenvalue weighted by Crippen LogP contribution is -2.28. The van der Waals surface area contributed by atoms with Crippen molar-refractivity contribution < 1.29 is 9.59 Å². The van der Waals surface area contributed by atoms with Crippen molar-refractivity contribution in [2.45, 2.75) is 83.5 Å². The van der Waals surface area contributed by atoms with Crippen LogP contribution in [0.15, 0.2) is 0 Å². The number of amides is 2. The van der Waals surface area contributed by atoms with E-state index in [9.17, 15) is 9.59 Å². The van der Waals surface area contributed by atoms with Crippen molar-refractivity contribution in [1.29, 1.82) is 0 Å². The fourth-order valence-electron chi connectivity index (χ4n) is 5.26. The summed E-state index contributed by atoms with van der Waals surface area (Å²) >= 11 is 0.